The van der Waals surface area contributed by atoms with E-state index in [2.05, 4.69) is 32.9 Å². The smallest absolute Gasteiger partial charge is 0.256 e. The van der Waals surface area contributed by atoms with Crippen LogP contribution < -0.4 is 4.74 Å². The van der Waals surface area contributed by atoms with Gasteiger partial charge in [-0.2, -0.15) is 0 Å². The largest absolute Gasteiger partial charge is 0.488 e. The molecule has 0 bridgehead atoms. The van der Waals surface area contributed by atoms with E-state index in [1.54, 1.807) is 0 Å². The van der Waals surface area contributed by atoms with Gasteiger partial charge in [0.15, 0.2) is 0 Å². The Balaban J connectivity index is 2.03. The minimum atomic E-state index is -1.77. The van der Waals surface area contributed by atoms with E-state index in [4.69, 9.17) is 19.6 Å². The topological polar surface area (TPSA) is 35.5 Å². The molecule has 21 heavy (non-hydrogen) atoms. The number of hydrogen-bond acceptors (Lipinski definition) is 3. The first-order chi connectivity index (χ1) is 9.86. The lowest BCUT2D eigenvalue weighted by Gasteiger charge is -2.30. The van der Waals surface area contributed by atoms with Crippen molar-refractivity contribution in [3.63, 3.8) is 0 Å². The van der Waals surface area contributed by atoms with Crippen LogP contribution in [0.25, 0.3) is 0 Å². The molecule has 118 valence electrons. The summed E-state index contributed by atoms with van der Waals surface area (Å²) in [5, 5.41) is 0. The highest BCUT2D eigenvalue weighted by molar-refractivity contribution is 8.04. The molecule has 1 saturated carbocycles. The maximum absolute atomic E-state index is 11.1. The molecule has 0 aromatic heterocycles. The highest BCUT2D eigenvalue weighted by atomic mass is 35.7. The molecule has 3 atom stereocenters. The van der Waals surface area contributed by atoms with Crippen LogP contribution in [0.2, 0.25) is 0 Å². The van der Waals surface area contributed by atoms with Gasteiger partial charge in [-0.3, -0.25) is 4.18 Å². The first-order valence-electron chi connectivity index (χ1n) is 7.38. The molecule has 3 unspecified atom stereocenters. The predicted octanol–water partition coefficient (Wildman–Crippen LogP) is 4.51. The summed E-state index contributed by atoms with van der Waals surface area (Å²) >= 11 is 0. The van der Waals surface area contributed by atoms with E-state index in [0.29, 0.717) is 0 Å². The molecular formula is C16H23ClO3S. The first-order valence-corrected chi connectivity index (χ1v) is 9.29. The molecule has 0 amide bonds. The zero-order valence-corrected chi connectivity index (χ0v) is 14.4. The molecule has 1 fully saturated rings. The monoisotopic (exact) mass is 330 g/mol. The van der Waals surface area contributed by atoms with E-state index in [-0.39, 0.29) is 17.6 Å². The summed E-state index contributed by atoms with van der Waals surface area (Å²) < 4.78 is 22.3. The van der Waals surface area contributed by atoms with E-state index >= 15 is 0 Å². The third-order valence-electron chi connectivity index (χ3n) is 3.85. The second-order valence-corrected chi connectivity index (χ2v) is 7.88. The molecule has 0 N–H and O–H groups in total. The van der Waals surface area contributed by atoms with Gasteiger partial charge in [-0.25, -0.2) is 4.21 Å². The van der Waals surface area contributed by atoms with Crippen LogP contribution in [-0.2, 0) is 19.9 Å². The average Bonchev–Trinajstić information content (AvgIpc) is 2.40. The normalized spacial score (nSPS) is 24.6. The van der Waals surface area contributed by atoms with Gasteiger partial charge < -0.3 is 4.74 Å². The van der Waals surface area contributed by atoms with Crippen LogP contribution in [0.1, 0.15) is 52.0 Å². The Labute approximate surface area is 134 Å². The third kappa shape index (κ3) is 4.97. The lowest BCUT2D eigenvalue weighted by molar-refractivity contribution is 0.0327. The first kappa shape index (κ1) is 16.8. The molecule has 1 aromatic rings. The van der Waals surface area contributed by atoms with Crippen molar-refractivity contribution in [1.82, 2.24) is 0 Å². The molecule has 0 spiro atoms. The summed E-state index contributed by atoms with van der Waals surface area (Å²) in [5.74, 6) is 0.823. The number of rotatable bonds is 4. The Morgan fingerprint density at radius 1 is 1.10 bits per heavy atom. The van der Waals surface area contributed by atoms with Crippen LogP contribution in [0.4, 0.5) is 0 Å². The Bertz CT molecular complexity index is 481. The van der Waals surface area contributed by atoms with Gasteiger partial charge in [0, 0.05) is 10.7 Å². The summed E-state index contributed by atoms with van der Waals surface area (Å²) in [5.41, 5.74) is 1.40. The number of ether oxygens (including phenoxy) is 1. The van der Waals surface area contributed by atoms with Gasteiger partial charge in [0.1, 0.15) is 18.0 Å². The number of benzene rings is 1. The average molecular weight is 331 g/mol. The van der Waals surface area contributed by atoms with Crippen LogP contribution in [0.5, 0.6) is 5.75 Å². The van der Waals surface area contributed by atoms with E-state index in [1.807, 2.05) is 12.1 Å². The third-order valence-corrected chi connectivity index (χ3v) is 4.47. The molecule has 0 aliphatic heterocycles. The Hall–Kier alpha value is -0.580. The summed E-state index contributed by atoms with van der Waals surface area (Å²) in [6.45, 7) is 6.55. The van der Waals surface area contributed by atoms with E-state index < -0.39 is 10.3 Å². The van der Waals surface area contributed by atoms with Crippen molar-refractivity contribution in [2.24, 2.45) is 0 Å². The van der Waals surface area contributed by atoms with Crippen LogP contribution >= 0.6 is 10.7 Å². The Kier molecular flexibility index (Phi) is 5.69. The van der Waals surface area contributed by atoms with Crippen molar-refractivity contribution in [2.45, 2.75) is 64.1 Å². The minimum Gasteiger partial charge on any atom is -0.488 e. The molecular weight excluding hydrogens is 308 g/mol. The Morgan fingerprint density at radius 2 is 1.67 bits per heavy atom. The van der Waals surface area contributed by atoms with Crippen LogP contribution in [0.15, 0.2) is 24.3 Å². The van der Waals surface area contributed by atoms with Crippen molar-refractivity contribution < 1.29 is 13.1 Å². The van der Waals surface area contributed by atoms with Crippen molar-refractivity contribution in [2.75, 3.05) is 0 Å². The highest BCUT2D eigenvalue weighted by Crippen LogP contribution is 2.29. The molecule has 0 saturated heterocycles. The van der Waals surface area contributed by atoms with Gasteiger partial charge in [-0.15, -0.1) is 0 Å². The molecule has 1 aromatic carbocycles. The molecule has 0 radical (unpaired) electrons. The van der Waals surface area contributed by atoms with Gasteiger partial charge >= 0.3 is 0 Å². The molecule has 1 aliphatic rings. The predicted molar refractivity (Wildman–Crippen MR) is 86.9 cm³/mol. The van der Waals surface area contributed by atoms with Crippen LogP contribution in [0.3, 0.4) is 0 Å². The second kappa shape index (κ2) is 7.12. The quantitative estimate of drug-likeness (QED) is 0.762. The molecule has 3 nitrogen and oxygen atoms in total. The maximum Gasteiger partial charge on any atom is 0.256 e. The van der Waals surface area contributed by atoms with Crippen LogP contribution in [-0.4, -0.2) is 16.4 Å². The van der Waals surface area contributed by atoms with Gasteiger partial charge in [-0.05, 0) is 42.4 Å². The lowest BCUT2D eigenvalue weighted by atomic mass is 9.87. The fourth-order valence-electron chi connectivity index (χ4n) is 2.61. The van der Waals surface area contributed by atoms with Crippen molar-refractivity contribution >= 4 is 21.0 Å². The SMILES string of the molecule is CC(C)(C)c1ccc(OC2CCCCC2OS(=O)Cl)cc1. The molecule has 1 aliphatic carbocycles. The van der Waals surface area contributed by atoms with Crippen molar-refractivity contribution in [3.05, 3.63) is 29.8 Å². The molecule has 5 heteroatoms. The Morgan fingerprint density at radius 3 is 2.19 bits per heavy atom. The molecule has 0 heterocycles. The fraction of sp³-hybridized carbons (Fsp3) is 0.625. The summed E-state index contributed by atoms with van der Waals surface area (Å²) in [6.07, 6.45) is 3.62. The number of hydrogen-bond donors (Lipinski definition) is 0. The maximum atomic E-state index is 11.1. The summed E-state index contributed by atoms with van der Waals surface area (Å²) in [6, 6.07) is 8.16. The van der Waals surface area contributed by atoms with E-state index in [1.165, 1.54) is 5.56 Å². The van der Waals surface area contributed by atoms with Crippen molar-refractivity contribution in [3.8, 4) is 5.75 Å². The van der Waals surface area contributed by atoms with Gasteiger partial charge in [0.05, 0.1) is 0 Å². The fourth-order valence-corrected chi connectivity index (χ4v) is 3.31. The standard InChI is InChI=1S/C16H23ClO3S/c1-16(2,3)12-8-10-13(11-9-12)19-14-6-4-5-7-15(14)20-21(17)18/h8-11,14-15H,4-7H2,1-3H3. The highest BCUT2D eigenvalue weighted by Gasteiger charge is 2.29. The van der Waals surface area contributed by atoms with Gasteiger partial charge in [0.25, 0.3) is 10.3 Å². The van der Waals surface area contributed by atoms with Gasteiger partial charge in [-0.1, -0.05) is 39.3 Å². The zero-order valence-electron chi connectivity index (χ0n) is 12.8. The lowest BCUT2D eigenvalue weighted by Crippen LogP contribution is -2.36. The summed E-state index contributed by atoms with van der Waals surface area (Å²) in [7, 11) is 3.68. The van der Waals surface area contributed by atoms with Crippen molar-refractivity contribution in [1.29, 1.82) is 0 Å². The zero-order chi connectivity index (χ0) is 15.5. The van der Waals surface area contributed by atoms with Crippen LogP contribution in [0, 0.1) is 0 Å². The van der Waals surface area contributed by atoms with E-state index in [9.17, 15) is 4.21 Å². The van der Waals surface area contributed by atoms with Gasteiger partial charge in [0.2, 0.25) is 0 Å². The molecule has 2 rings (SSSR count). The van der Waals surface area contributed by atoms with E-state index in [0.717, 1.165) is 31.4 Å². The summed E-state index contributed by atoms with van der Waals surface area (Å²) in [4.78, 5) is 0. The second-order valence-electron chi connectivity index (χ2n) is 6.54. The number of halogens is 1. The minimum absolute atomic E-state index is 0.0815.